The summed E-state index contributed by atoms with van der Waals surface area (Å²) in [5, 5.41) is 14.5. The van der Waals surface area contributed by atoms with Crippen molar-refractivity contribution in [3.8, 4) is 6.07 Å². The third-order valence-electron chi connectivity index (χ3n) is 2.78. The molecule has 0 aromatic heterocycles. The maximum atomic E-state index is 13.0. The van der Waals surface area contributed by atoms with Gasteiger partial charge in [0.05, 0.1) is 11.6 Å². The molecule has 0 aliphatic heterocycles. The van der Waals surface area contributed by atoms with Crippen LogP contribution in [0.25, 0.3) is 0 Å². The average Bonchev–Trinajstić information content (AvgIpc) is 2.47. The van der Waals surface area contributed by atoms with Crippen molar-refractivity contribution < 1.29 is 9.18 Å². The van der Waals surface area contributed by atoms with E-state index in [1.807, 2.05) is 12.1 Å². The van der Waals surface area contributed by atoms with Gasteiger partial charge < -0.3 is 10.6 Å². The molecule has 106 valence electrons. The zero-order valence-electron chi connectivity index (χ0n) is 11.3. The molecule has 0 atom stereocenters. The molecule has 0 saturated heterocycles. The second-order valence-electron chi connectivity index (χ2n) is 4.43. The summed E-state index contributed by atoms with van der Waals surface area (Å²) in [6.45, 7) is 0.427. The second-order valence-corrected chi connectivity index (χ2v) is 4.43. The van der Waals surface area contributed by atoms with Crippen molar-refractivity contribution in [3.63, 3.8) is 0 Å². The molecule has 5 heteroatoms. The van der Waals surface area contributed by atoms with Crippen molar-refractivity contribution in [2.24, 2.45) is 0 Å². The van der Waals surface area contributed by atoms with Crippen LogP contribution in [-0.2, 0) is 4.79 Å². The average molecular weight is 283 g/mol. The normalized spacial score (nSPS) is 9.71. The summed E-state index contributed by atoms with van der Waals surface area (Å²) in [6, 6.07) is 14.8. The van der Waals surface area contributed by atoms with Gasteiger partial charge in [0, 0.05) is 24.3 Å². The smallest absolute Gasteiger partial charge is 0.226 e. The largest absolute Gasteiger partial charge is 0.384 e. The molecule has 21 heavy (non-hydrogen) atoms. The third-order valence-corrected chi connectivity index (χ3v) is 2.78. The van der Waals surface area contributed by atoms with E-state index in [4.69, 9.17) is 5.26 Å². The number of nitrogens with one attached hydrogen (secondary N) is 2. The van der Waals surface area contributed by atoms with Crippen molar-refractivity contribution in [2.45, 2.75) is 6.42 Å². The standard InChI is InChI=1S/C16H14FN3O/c17-13-4-2-6-15(10-13)20-16(21)7-8-19-14-5-1-3-12(9-14)11-18/h1-6,9-10,19H,7-8H2,(H,20,21). The molecule has 0 heterocycles. The summed E-state index contributed by atoms with van der Waals surface area (Å²) in [5.74, 6) is -0.594. The minimum absolute atomic E-state index is 0.204. The van der Waals surface area contributed by atoms with Gasteiger partial charge in [-0.15, -0.1) is 0 Å². The molecule has 0 bridgehead atoms. The van der Waals surface area contributed by atoms with E-state index in [2.05, 4.69) is 10.6 Å². The Bertz CT molecular complexity index is 679. The van der Waals surface area contributed by atoms with Crippen LogP contribution in [0.5, 0.6) is 0 Å². The van der Waals surface area contributed by atoms with E-state index in [9.17, 15) is 9.18 Å². The number of anilines is 2. The number of nitrogens with zero attached hydrogens (tertiary/aromatic N) is 1. The summed E-state index contributed by atoms with van der Waals surface area (Å²) in [7, 11) is 0. The highest BCUT2D eigenvalue weighted by atomic mass is 19.1. The number of carbonyl (C=O) groups excluding carboxylic acids is 1. The zero-order chi connectivity index (χ0) is 15.1. The van der Waals surface area contributed by atoms with Crippen molar-refractivity contribution >= 4 is 17.3 Å². The van der Waals surface area contributed by atoms with Gasteiger partial charge in [-0.3, -0.25) is 4.79 Å². The van der Waals surface area contributed by atoms with Gasteiger partial charge >= 0.3 is 0 Å². The van der Waals surface area contributed by atoms with Crippen LogP contribution < -0.4 is 10.6 Å². The predicted octanol–water partition coefficient (Wildman–Crippen LogP) is 3.14. The highest BCUT2D eigenvalue weighted by Gasteiger charge is 2.03. The molecule has 0 fully saturated rings. The van der Waals surface area contributed by atoms with Gasteiger partial charge in [-0.2, -0.15) is 5.26 Å². The van der Waals surface area contributed by atoms with Crippen LogP contribution in [-0.4, -0.2) is 12.5 Å². The number of amides is 1. The van der Waals surface area contributed by atoms with E-state index in [-0.39, 0.29) is 18.1 Å². The lowest BCUT2D eigenvalue weighted by molar-refractivity contribution is -0.115. The fourth-order valence-corrected chi connectivity index (χ4v) is 1.81. The number of hydrogen-bond donors (Lipinski definition) is 2. The lowest BCUT2D eigenvalue weighted by Crippen LogP contribution is -2.16. The molecular weight excluding hydrogens is 269 g/mol. The Morgan fingerprint density at radius 2 is 1.90 bits per heavy atom. The van der Waals surface area contributed by atoms with Gasteiger partial charge in [0.25, 0.3) is 0 Å². The first kappa shape index (κ1) is 14.5. The summed E-state index contributed by atoms with van der Waals surface area (Å²) in [4.78, 5) is 11.7. The molecular formula is C16H14FN3O. The van der Waals surface area contributed by atoms with Crippen LogP contribution >= 0.6 is 0 Å². The first-order valence-corrected chi connectivity index (χ1v) is 6.47. The van der Waals surface area contributed by atoms with Gasteiger partial charge in [0.15, 0.2) is 0 Å². The summed E-state index contributed by atoms with van der Waals surface area (Å²) in [6.07, 6.45) is 0.243. The Morgan fingerprint density at radius 3 is 2.67 bits per heavy atom. The second kappa shape index (κ2) is 7.06. The van der Waals surface area contributed by atoms with E-state index < -0.39 is 0 Å². The molecule has 0 saturated carbocycles. The number of halogens is 1. The van der Waals surface area contributed by atoms with Gasteiger partial charge in [-0.1, -0.05) is 12.1 Å². The highest BCUT2D eigenvalue weighted by Crippen LogP contribution is 2.11. The SMILES string of the molecule is N#Cc1cccc(NCCC(=O)Nc2cccc(F)c2)c1. The molecule has 2 aromatic carbocycles. The molecule has 0 unspecified atom stereocenters. The molecule has 0 spiro atoms. The van der Waals surface area contributed by atoms with Crippen molar-refractivity contribution in [1.29, 1.82) is 5.26 Å². The van der Waals surface area contributed by atoms with E-state index in [1.54, 1.807) is 24.3 Å². The van der Waals surface area contributed by atoms with Crippen LogP contribution in [0.3, 0.4) is 0 Å². The Balaban J connectivity index is 1.80. The minimum atomic E-state index is -0.390. The van der Waals surface area contributed by atoms with Crippen LogP contribution in [0.2, 0.25) is 0 Å². The Hall–Kier alpha value is -2.87. The molecule has 4 nitrogen and oxygen atoms in total. The monoisotopic (exact) mass is 283 g/mol. The van der Waals surface area contributed by atoms with Crippen LogP contribution in [0.4, 0.5) is 15.8 Å². The third kappa shape index (κ3) is 4.62. The fraction of sp³-hybridized carbons (Fsp3) is 0.125. The summed E-state index contributed by atoms with van der Waals surface area (Å²) < 4.78 is 13.0. The maximum absolute atomic E-state index is 13.0. The predicted molar refractivity (Wildman–Crippen MR) is 79.3 cm³/mol. The van der Waals surface area contributed by atoms with Crippen LogP contribution in [0, 0.1) is 17.1 Å². The molecule has 0 aliphatic rings. The summed E-state index contributed by atoms with van der Waals surface area (Å²) >= 11 is 0. The zero-order valence-corrected chi connectivity index (χ0v) is 11.3. The van der Waals surface area contributed by atoms with Crippen molar-refractivity contribution in [2.75, 3.05) is 17.2 Å². The van der Waals surface area contributed by atoms with Gasteiger partial charge in [-0.25, -0.2) is 4.39 Å². The number of carbonyl (C=O) groups is 1. The first-order valence-electron chi connectivity index (χ1n) is 6.47. The number of nitriles is 1. The molecule has 2 N–H and O–H groups in total. The van der Waals surface area contributed by atoms with Crippen molar-refractivity contribution in [1.82, 2.24) is 0 Å². The summed E-state index contributed by atoms with van der Waals surface area (Å²) in [5.41, 5.74) is 1.78. The fourth-order valence-electron chi connectivity index (χ4n) is 1.81. The molecule has 2 rings (SSSR count). The van der Waals surface area contributed by atoms with Crippen molar-refractivity contribution in [3.05, 3.63) is 59.9 Å². The van der Waals surface area contributed by atoms with E-state index >= 15 is 0 Å². The van der Waals surface area contributed by atoms with Crippen LogP contribution in [0.15, 0.2) is 48.5 Å². The van der Waals surface area contributed by atoms with E-state index in [0.717, 1.165) is 5.69 Å². The molecule has 2 aromatic rings. The van der Waals surface area contributed by atoms with E-state index in [0.29, 0.717) is 17.8 Å². The molecule has 1 amide bonds. The Labute approximate surface area is 122 Å². The molecule has 0 radical (unpaired) electrons. The minimum Gasteiger partial charge on any atom is -0.384 e. The number of hydrogen-bond acceptors (Lipinski definition) is 3. The Kier molecular flexibility index (Phi) is 4.89. The number of rotatable bonds is 5. The lowest BCUT2D eigenvalue weighted by Gasteiger charge is -2.07. The van der Waals surface area contributed by atoms with Crippen LogP contribution in [0.1, 0.15) is 12.0 Å². The van der Waals surface area contributed by atoms with Gasteiger partial charge in [-0.05, 0) is 36.4 Å². The first-order chi connectivity index (χ1) is 10.2. The quantitative estimate of drug-likeness (QED) is 0.886. The molecule has 0 aliphatic carbocycles. The number of benzene rings is 2. The van der Waals surface area contributed by atoms with Gasteiger partial charge in [0.1, 0.15) is 5.82 Å². The maximum Gasteiger partial charge on any atom is 0.226 e. The van der Waals surface area contributed by atoms with E-state index in [1.165, 1.54) is 18.2 Å². The van der Waals surface area contributed by atoms with Gasteiger partial charge in [0.2, 0.25) is 5.91 Å². The lowest BCUT2D eigenvalue weighted by atomic mass is 10.2. The topological polar surface area (TPSA) is 64.9 Å². The Morgan fingerprint density at radius 1 is 1.14 bits per heavy atom. The highest BCUT2D eigenvalue weighted by molar-refractivity contribution is 5.90.